The standard InChI is InChI=1S/C12H15ClFNO/c1-8(9-4-5-16-7-9)15-12-3-2-10(14)6-11(12)13/h2-3,6,8-9,15H,4-5,7H2,1H3. The van der Waals surface area contributed by atoms with Crippen LogP contribution < -0.4 is 5.32 Å². The molecule has 88 valence electrons. The topological polar surface area (TPSA) is 21.3 Å². The van der Waals surface area contributed by atoms with Crippen LogP contribution >= 0.6 is 11.6 Å². The van der Waals surface area contributed by atoms with Gasteiger partial charge in [0.05, 0.1) is 17.3 Å². The first-order valence-electron chi connectivity index (χ1n) is 5.46. The molecule has 0 saturated carbocycles. The Bertz CT molecular complexity index is 366. The minimum atomic E-state index is -0.313. The van der Waals surface area contributed by atoms with Crippen LogP contribution in [0, 0.1) is 11.7 Å². The molecule has 2 nitrogen and oxygen atoms in total. The largest absolute Gasteiger partial charge is 0.381 e. The Labute approximate surface area is 99.7 Å². The lowest BCUT2D eigenvalue weighted by Gasteiger charge is -2.21. The molecule has 1 aromatic rings. The molecule has 1 aliphatic rings. The quantitative estimate of drug-likeness (QED) is 0.880. The van der Waals surface area contributed by atoms with Crippen molar-refractivity contribution in [3.63, 3.8) is 0 Å². The van der Waals surface area contributed by atoms with Crippen molar-refractivity contribution in [3.8, 4) is 0 Å². The van der Waals surface area contributed by atoms with Gasteiger partial charge < -0.3 is 10.1 Å². The summed E-state index contributed by atoms with van der Waals surface area (Å²) in [6, 6.07) is 4.68. The summed E-state index contributed by atoms with van der Waals surface area (Å²) in [5.41, 5.74) is 0.780. The van der Waals surface area contributed by atoms with Gasteiger partial charge >= 0.3 is 0 Å². The molecule has 1 aliphatic heterocycles. The number of hydrogen-bond acceptors (Lipinski definition) is 2. The fourth-order valence-electron chi connectivity index (χ4n) is 1.92. The maximum Gasteiger partial charge on any atom is 0.124 e. The maximum atomic E-state index is 12.9. The van der Waals surface area contributed by atoms with Gasteiger partial charge in [-0.3, -0.25) is 0 Å². The van der Waals surface area contributed by atoms with Crippen molar-refractivity contribution in [2.75, 3.05) is 18.5 Å². The zero-order valence-corrected chi connectivity index (χ0v) is 9.93. The van der Waals surface area contributed by atoms with Gasteiger partial charge in [0.1, 0.15) is 5.82 Å². The van der Waals surface area contributed by atoms with E-state index in [1.54, 1.807) is 6.07 Å². The van der Waals surface area contributed by atoms with Gasteiger partial charge in [0.15, 0.2) is 0 Å². The molecule has 0 radical (unpaired) electrons. The van der Waals surface area contributed by atoms with Crippen LogP contribution in [-0.4, -0.2) is 19.3 Å². The van der Waals surface area contributed by atoms with E-state index in [0.717, 1.165) is 25.3 Å². The van der Waals surface area contributed by atoms with Gasteiger partial charge in [-0.25, -0.2) is 4.39 Å². The Morgan fingerprint density at radius 3 is 3.00 bits per heavy atom. The highest BCUT2D eigenvalue weighted by Crippen LogP contribution is 2.26. The van der Waals surface area contributed by atoms with Crippen LogP contribution in [0.1, 0.15) is 13.3 Å². The van der Waals surface area contributed by atoms with Crippen LogP contribution in [0.2, 0.25) is 5.02 Å². The van der Waals surface area contributed by atoms with Crippen molar-refractivity contribution in [2.24, 2.45) is 5.92 Å². The van der Waals surface area contributed by atoms with Crippen LogP contribution in [0.15, 0.2) is 18.2 Å². The molecular weight excluding hydrogens is 229 g/mol. The van der Waals surface area contributed by atoms with Crippen molar-refractivity contribution < 1.29 is 9.13 Å². The molecule has 2 unspecified atom stereocenters. The average molecular weight is 244 g/mol. The number of ether oxygens (including phenoxy) is 1. The molecule has 1 N–H and O–H groups in total. The first-order chi connectivity index (χ1) is 7.66. The second-order valence-corrected chi connectivity index (χ2v) is 4.59. The predicted octanol–water partition coefficient (Wildman–Crippen LogP) is 3.32. The van der Waals surface area contributed by atoms with Gasteiger partial charge in [0.25, 0.3) is 0 Å². The fraction of sp³-hybridized carbons (Fsp3) is 0.500. The molecular formula is C12H15ClFNO. The molecule has 2 rings (SSSR count). The highest BCUT2D eigenvalue weighted by Gasteiger charge is 2.22. The van der Waals surface area contributed by atoms with E-state index in [-0.39, 0.29) is 11.9 Å². The van der Waals surface area contributed by atoms with E-state index in [4.69, 9.17) is 16.3 Å². The molecule has 1 aromatic carbocycles. The van der Waals surface area contributed by atoms with Crippen LogP contribution in [-0.2, 0) is 4.74 Å². The summed E-state index contributed by atoms with van der Waals surface area (Å²) in [7, 11) is 0. The van der Waals surface area contributed by atoms with Gasteiger partial charge in [-0.15, -0.1) is 0 Å². The predicted molar refractivity (Wildman–Crippen MR) is 63.4 cm³/mol. The second-order valence-electron chi connectivity index (χ2n) is 4.18. The fourth-order valence-corrected chi connectivity index (χ4v) is 2.14. The average Bonchev–Trinajstić information content (AvgIpc) is 2.75. The molecule has 0 aromatic heterocycles. The first-order valence-corrected chi connectivity index (χ1v) is 5.84. The van der Waals surface area contributed by atoms with Crippen LogP contribution in [0.3, 0.4) is 0 Å². The zero-order chi connectivity index (χ0) is 11.5. The number of hydrogen-bond donors (Lipinski definition) is 1. The maximum absolute atomic E-state index is 12.9. The Hall–Kier alpha value is -0.800. The normalized spacial score (nSPS) is 22.1. The Balaban J connectivity index is 2.02. The van der Waals surface area contributed by atoms with Gasteiger partial charge in [0.2, 0.25) is 0 Å². The lowest BCUT2D eigenvalue weighted by atomic mass is 10.0. The number of halogens is 2. The van der Waals surface area contributed by atoms with Crippen molar-refractivity contribution >= 4 is 17.3 Å². The van der Waals surface area contributed by atoms with E-state index in [2.05, 4.69) is 12.2 Å². The summed E-state index contributed by atoms with van der Waals surface area (Å²) in [5, 5.41) is 3.72. The Kier molecular flexibility index (Phi) is 3.66. The van der Waals surface area contributed by atoms with E-state index in [1.165, 1.54) is 12.1 Å². The van der Waals surface area contributed by atoms with E-state index in [1.807, 2.05) is 0 Å². The molecule has 0 aliphatic carbocycles. The highest BCUT2D eigenvalue weighted by molar-refractivity contribution is 6.33. The van der Waals surface area contributed by atoms with E-state index in [0.29, 0.717) is 10.9 Å². The lowest BCUT2D eigenvalue weighted by molar-refractivity contribution is 0.183. The monoisotopic (exact) mass is 243 g/mol. The molecule has 2 atom stereocenters. The third kappa shape index (κ3) is 2.66. The molecule has 1 saturated heterocycles. The molecule has 0 spiro atoms. The summed E-state index contributed by atoms with van der Waals surface area (Å²) in [5.74, 6) is 0.188. The van der Waals surface area contributed by atoms with Crippen LogP contribution in [0.25, 0.3) is 0 Å². The van der Waals surface area contributed by atoms with Crippen molar-refractivity contribution in [1.29, 1.82) is 0 Å². The summed E-state index contributed by atoms with van der Waals surface area (Å²) >= 11 is 5.95. The van der Waals surface area contributed by atoms with Crippen LogP contribution in [0.5, 0.6) is 0 Å². The lowest BCUT2D eigenvalue weighted by Crippen LogP contribution is -2.26. The Morgan fingerprint density at radius 2 is 2.38 bits per heavy atom. The van der Waals surface area contributed by atoms with Crippen molar-refractivity contribution in [3.05, 3.63) is 29.0 Å². The van der Waals surface area contributed by atoms with Gasteiger partial charge in [-0.05, 0) is 31.5 Å². The summed E-state index contributed by atoms with van der Waals surface area (Å²) < 4.78 is 18.2. The number of benzene rings is 1. The highest BCUT2D eigenvalue weighted by atomic mass is 35.5. The molecule has 1 fully saturated rings. The third-order valence-corrected chi connectivity index (χ3v) is 3.30. The SMILES string of the molecule is CC(Nc1ccc(F)cc1Cl)C1CCOC1. The van der Waals surface area contributed by atoms with Crippen molar-refractivity contribution in [2.45, 2.75) is 19.4 Å². The molecule has 0 amide bonds. The van der Waals surface area contributed by atoms with E-state index >= 15 is 0 Å². The molecule has 16 heavy (non-hydrogen) atoms. The zero-order valence-electron chi connectivity index (χ0n) is 9.17. The van der Waals surface area contributed by atoms with E-state index < -0.39 is 0 Å². The second kappa shape index (κ2) is 5.02. The first kappa shape index (κ1) is 11.7. The van der Waals surface area contributed by atoms with E-state index in [9.17, 15) is 4.39 Å². The molecule has 4 heteroatoms. The smallest absolute Gasteiger partial charge is 0.124 e. The summed E-state index contributed by atoms with van der Waals surface area (Å²) in [6.07, 6.45) is 1.06. The molecule has 1 heterocycles. The number of nitrogens with one attached hydrogen (secondary N) is 1. The summed E-state index contributed by atoms with van der Waals surface area (Å²) in [6.45, 7) is 3.71. The van der Waals surface area contributed by atoms with Gasteiger partial charge in [-0.2, -0.15) is 0 Å². The summed E-state index contributed by atoms with van der Waals surface area (Å²) in [4.78, 5) is 0. The van der Waals surface area contributed by atoms with Crippen molar-refractivity contribution in [1.82, 2.24) is 0 Å². The Morgan fingerprint density at radius 1 is 1.56 bits per heavy atom. The third-order valence-electron chi connectivity index (χ3n) is 2.99. The van der Waals surface area contributed by atoms with Gasteiger partial charge in [-0.1, -0.05) is 11.6 Å². The number of anilines is 1. The van der Waals surface area contributed by atoms with Gasteiger partial charge in [0, 0.05) is 18.6 Å². The van der Waals surface area contributed by atoms with Crippen LogP contribution in [0.4, 0.5) is 10.1 Å². The minimum absolute atomic E-state index is 0.283. The molecule has 0 bridgehead atoms. The number of rotatable bonds is 3. The minimum Gasteiger partial charge on any atom is -0.381 e.